The molecular formula is C26H18N2O4. The summed E-state index contributed by atoms with van der Waals surface area (Å²) in [6, 6.07) is 21.6. The molecule has 0 radical (unpaired) electrons. The number of amides is 4. The van der Waals surface area contributed by atoms with E-state index in [1.165, 1.54) is 9.80 Å². The quantitative estimate of drug-likeness (QED) is 0.604. The van der Waals surface area contributed by atoms with Crippen molar-refractivity contribution in [2.24, 2.45) is 0 Å². The zero-order valence-electron chi connectivity index (χ0n) is 17.0. The molecule has 0 spiro atoms. The molecule has 6 rings (SSSR count). The van der Waals surface area contributed by atoms with Gasteiger partial charge in [-0.1, -0.05) is 48.5 Å². The van der Waals surface area contributed by atoms with Crippen molar-refractivity contribution >= 4 is 23.6 Å². The van der Waals surface area contributed by atoms with Gasteiger partial charge >= 0.3 is 0 Å². The topological polar surface area (TPSA) is 74.8 Å². The monoisotopic (exact) mass is 422 g/mol. The van der Waals surface area contributed by atoms with Crippen molar-refractivity contribution in [1.82, 2.24) is 9.80 Å². The van der Waals surface area contributed by atoms with E-state index in [9.17, 15) is 19.2 Å². The Morgan fingerprint density at radius 3 is 1.19 bits per heavy atom. The van der Waals surface area contributed by atoms with Gasteiger partial charge in [0.25, 0.3) is 23.6 Å². The molecule has 0 fully saturated rings. The summed E-state index contributed by atoms with van der Waals surface area (Å²) in [5.74, 6) is -1.58. The Hall–Kier alpha value is -4.06. The van der Waals surface area contributed by atoms with Gasteiger partial charge in [0.1, 0.15) is 0 Å². The van der Waals surface area contributed by atoms with Crippen LogP contribution in [0.2, 0.25) is 0 Å². The van der Waals surface area contributed by atoms with Crippen LogP contribution in [0.15, 0.2) is 72.8 Å². The van der Waals surface area contributed by atoms with Crippen LogP contribution in [0, 0.1) is 0 Å². The largest absolute Gasteiger partial charge is 0.274 e. The molecule has 3 aromatic rings. The minimum absolute atomic E-state index is 0.188. The summed E-state index contributed by atoms with van der Waals surface area (Å²) in [5.41, 5.74) is 3.66. The first-order valence-corrected chi connectivity index (χ1v) is 10.5. The molecule has 2 heterocycles. The summed E-state index contributed by atoms with van der Waals surface area (Å²) in [4.78, 5) is 54.3. The van der Waals surface area contributed by atoms with E-state index in [-0.39, 0.29) is 48.6 Å². The fourth-order valence-electron chi connectivity index (χ4n) is 5.15. The van der Waals surface area contributed by atoms with Crippen molar-refractivity contribution in [2.75, 3.05) is 13.1 Å². The molecule has 3 aromatic carbocycles. The first kappa shape index (κ1) is 18.7. The second-order valence-corrected chi connectivity index (χ2v) is 8.42. The summed E-state index contributed by atoms with van der Waals surface area (Å²) in [6.45, 7) is 0.404. The highest BCUT2D eigenvalue weighted by Crippen LogP contribution is 2.43. The van der Waals surface area contributed by atoms with Crippen molar-refractivity contribution in [1.29, 1.82) is 0 Å². The summed E-state index contributed by atoms with van der Waals surface area (Å²) >= 11 is 0. The third-order valence-corrected chi connectivity index (χ3v) is 6.77. The smallest absolute Gasteiger partial charge is 0.261 e. The minimum atomic E-state index is -0.301. The molecule has 1 aliphatic carbocycles. The molecule has 32 heavy (non-hydrogen) atoms. The molecule has 0 saturated carbocycles. The van der Waals surface area contributed by atoms with Crippen LogP contribution in [0.25, 0.3) is 0 Å². The molecule has 0 aromatic heterocycles. The van der Waals surface area contributed by atoms with Crippen molar-refractivity contribution in [3.8, 4) is 0 Å². The lowest BCUT2D eigenvalue weighted by molar-refractivity contribution is 0.0595. The highest BCUT2D eigenvalue weighted by atomic mass is 16.2. The molecule has 3 aliphatic rings. The van der Waals surface area contributed by atoms with Gasteiger partial charge in [-0.3, -0.25) is 29.0 Å². The Bertz CT molecular complexity index is 1180. The zero-order chi connectivity index (χ0) is 22.0. The number of hydrogen-bond acceptors (Lipinski definition) is 4. The number of rotatable bonds is 4. The summed E-state index contributed by atoms with van der Waals surface area (Å²) < 4.78 is 0. The number of benzene rings is 3. The fourth-order valence-corrected chi connectivity index (χ4v) is 5.15. The lowest BCUT2D eigenvalue weighted by atomic mass is 9.89. The molecule has 6 heteroatoms. The Balaban J connectivity index is 1.30. The van der Waals surface area contributed by atoms with Gasteiger partial charge in [0.2, 0.25) is 0 Å². The number of hydrogen-bond donors (Lipinski definition) is 0. The van der Waals surface area contributed by atoms with Crippen LogP contribution in [0.5, 0.6) is 0 Å². The van der Waals surface area contributed by atoms with Gasteiger partial charge in [-0.05, 0) is 35.4 Å². The van der Waals surface area contributed by atoms with E-state index < -0.39 is 0 Å². The van der Waals surface area contributed by atoms with Gasteiger partial charge in [0.15, 0.2) is 0 Å². The van der Waals surface area contributed by atoms with Crippen LogP contribution in [0.4, 0.5) is 0 Å². The van der Waals surface area contributed by atoms with Crippen LogP contribution in [-0.4, -0.2) is 46.5 Å². The van der Waals surface area contributed by atoms with E-state index in [1.807, 2.05) is 24.3 Å². The third kappa shape index (κ3) is 2.52. The predicted molar refractivity (Wildman–Crippen MR) is 116 cm³/mol. The Morgan fingerprint density at radius 1 is 0.500 bits per heavy atom. The van der Waals surface area contributed by atoms with Gasteiger partial charge < -0.3 is 0 Å². The van der Waals surface area contributed by atoms with Gasteiger partial charge in [-0.2, -0.15) is 0 Å². The molecule has 0 N–H and O–H groups in total. The minimum Gasteiger partial charge on any atom is -0.274 e. The summed E-state index contributed by atoms with van der Waals surface area (Å²) in [6.07, 6.45) is 0. The number of imide groups is 2. The maximum Gasteiger partial charge on any atom is 0.261 e. The Kier molecular flexibility index (Phi) is 3.92. The predicted octanol–water partition coefficient (Wildman–Crippen LogP) is 3.46. The van der Waals surface area contributed by atoms with Crippen LogP contribution >= 0.6 is 0 Å². The average molecular weight is 422 g/mol. The van der Waals surface area contributed by atoms with Gasteiger partial charge in [-0.25, -0.2) is 0 Å². The first-order valence-electron chi connectivity index (χ1n) is 10.5. The maximum absolute atomic E-state index is 12.9. The average Bonchev–Trinajstić information content (AvgIpc) is 3.31. The molecule has 0 saturated heterocycles. The molecule has 156 valence electrons. The fraction of sp³-hybridized carbons (Fsp3) is 0.154. The molecule has 2 aliphatic heterocycles. The zero-order valence-corrected chi connectivity index (χ0v) is 17.0. The number of carbonyl (C=O) groups is 4. The molecule has 2 atom stereocenters. The Morgan fingerprint density at radius 2 is 0.844 bits per heavy atom. The lowest BCUT2D eigenvalue weighted by Gasteiger charge is -2.28. The normalized spacial score (nSPS) is 20.9. The summed E-state index contributed by atoms with van der Waals surface area (Å²) in [5, 5.41) is 0. The van der Waals surface area contributed by atoms with E-state index in [4.69, 9.17) is 0 Å². The van der Waals surface area contributed by atoms with Gasteiger partial charge in [0.05, 0.1) is 22.3 Å². The van der Waals surface area contributed by atoms with E-state index >= 15 is 0 Å². The van der Waals surface area contributed by atoms with Crippen molar-refractivity contribution < 1.29 is 19.2 Å². The SMILES string of the molecule is O=C1c2ccccc2C(=O)N1CC1c2cccc(c2)C1CN1C(=O)c2ccccc2C1=O. The van der Waals surface area contributed by atoms with E-state index in [2.05, 4.69) is 0 Å². The van der Waals surface area contributed by atoms with Gasteiger partial charge in [0, 0.05) is 24.9 Å². The van der Waals surface area contributed by atoms with Crippen molar-refractivity contribution in [3.63, 3.8) is 0 Å². The number of carbonyl (C=O) groups excluding carboxylic acids is 4. The van der Waals surface area contributed by atoms with Crippen LogP contribution in [0.1, 0.15) is 64.4 Å². The second kappa shape index (κ2) is 6.72. The van der Waals surface area contributed by atoms with Crippen LogP contribution < -0.4 is 0 Å². The van der Waals surface area contributed by atoms with E-state index in [0.29, 0.717) is 22.3 Å². The highest BCUT2D eigenvalue weighted by molar-refractivity contribution is 6.22. The van der Waals surface area contributed by atoms with Crippen LogP contribution in [0.3, 0.4) is 0 Å². The van der Waals surface area contributed by atoms with E-state index in [1.54, 1.807) is 48.5 Å². The summed E-state index contributed by atoms with van der Waals surface area (Å²) in [7, 11) is 0. The maximum atomic E-state index is 12.9. The third-order valence-electron chi connectivity index (χ3n) is 6.77. The molecule has 2 unspecified atom stereocenters. The van der Waals surface area contributed by atoms with Crippen molar-refractivity contribution in [2.45, 2.75) is 11.8 Å². The van der Waals surface area contributed by atoms with Crippen LogP contribution in [-0.2, 0) is 0 Å². The Labute approximate surface area is 184 Å². The standard InChI is InChI=1S/C26H18N2O4/c29-23-17-8-1-2-9-18(17)24(30)27(23)13-21-15-6-5-7-16(12-15)22(21)14-28-25(31)19-10-3-4-11-20(19)26(28)32/h1-12,21-22H,13-14H2. The molecule has 6 nitrogen and oxygen atoms in total. The molecule has 2 bridgehead atoms. The molecular weight excluding hydrogens is 404 g/mol. The highest BCUT2D eigenvalue weighted by Gasteiger charge is 2.43. The van der Waals surface area contributed by atoms with E-state index in [0.717, 1.165) is 11.1 Å². The van der Waals surface area contributed by atoms with Crippen molar-refractivity contribution in [3.05, 3.63) is 106 Å². The number of nitrogens with zero attached hydrogens (tertiary/aromatic N) is 2. The lowest BCUT2D eigenvalue weighted by Crippen LogP contribution is -2.39. The molecule has 4 amide bonds. The second-order valence-electron chi connectivity index (χ2n) is 8.42. The number of fused-ring (bicyclic) bond motifs is 4. The first-order chi connectivity index (χ1) is 15.5. The van der Waals surface area contributed by atoms with Gasteiger partial charge in [-0.15, -0.1) is 0 Å².